The third kappa shape index (κ3) is 4.31. The fourth-order valence-corrected chi connectivity index (χ4v) is 4.82. The molecule has 3 aromatic carbocycles. The van der Waals surface area contributed by atoms with E-state index in [0.717, 1.165) is 11.1 Å². The van der Waals surface area contributed by atoms with Crippen LogP contribution < -0.4 is 5.30 Å². The van der Waals surface area contributed by atoms with Gasteiger partial charge in [0.2, 0.25) is 0 Å². The summed E-state index contributed by atoms with van der Waals surface area (Å²) in [5.41, 5.74) is 2.66. The van der Waals surface area contributed by atoms with E-state index in [1.54, 1.807) is 50.2 Å². The molecule has 0 spiro atoms. The summed E-state index contributed by atoms with van der Waals surface area (Å²) in [5.74, 6) is -0.213. The van der Waals surface area contributed by atoms with Gasteiger partial charge in [-0.3, -0.25) is 9.36 Å². The lowest BCUT2D eigenvalue weighted by molar-refractivity contribution is 0.103. The van der Waals surface area contributed by atoms with E-state index in [0.29, 0.717) is 16.4 Å². The molecule has 0 fully saturated rings. The third-order valence-electron chi connectivity index (χ3n) is 4.28. The fourth-order valence-electron chi connectivity index (χ4n) is 3.02. The Morgan fingerprint density at radius 2 is 1.36 bits per heavy atom. The Morgan fingerprint density at radius 3 is 1.93 bits per heavy atom. The minimum absolute atomic E-state index is 0.213. The smallest absolute Gasteiger partial charge is 0.305 e. The summed E-state index contributed by atoms with van der Waals surface area (Å²) in [6, 6.07) is 24.0. The average Bonchev–Trinajstić information content (AvgIpc) is 2.74. The Bertz CT molecular complexity index is 974. The summed E-state index contributed by atoms with van der Waals surface area (Å²) in [6.45, 7) is 3.94. The lowest BCUT2D eigenvalue weighted by Gasteiger charge is -2.20. The summed E-state index contributed by atoms with van der Waals surface area (Å²) in [7, 11) is -3.65. The molecule has 28 heavy (non-hydrogen) atoms. The van der Waals surface area contributed by atoms with Crippen molar-refractivity contribution in [2.45, 2.75) is 13.8 Å². The topological polar surface area (TPSA) is 52.6 Å². The molecule has 0 atom stereocenters. The Balaban J connectivity index is 2.18. The Labute approximate surface area is 165 Å². The van der Waals surface area contributed by atoms with Gasteiger partial charge in [0, 0.05) is 11.1 Å². The van der Waals surface area contributed by atoms with Crippen molar-refractivity contribution in [3.05, 3.63) is 90.0 Å². The molecule has 0 bridgehead atoms. The molecule has 144 valence electrons. The second-order valence-electron chi connectivity index (χ2n) is 6.13. The molecule has 0 amide bonds. The van der Waals surface area contributed by atoms with Crippen LogP contribution in [0.3, 0.4) is 0 Å². The standard InChI is InChI=1S/C23H23O4P/c1-3-26-28(25,27-4-2)22-17-20(18-11-7-5-8-12-18)15-16-21(22)23(24)19-13-9-6-10-14-19/h5-17H,3-4H2,1-2H3. The highest BCUT2D eigenvalue weighted by Gasteiger charge is 2.32. The number of benzene rings is 3. The molecule has 0 unspecified atom stereocenters. The third-order valence-corrected chi connectivity index (χ3v) is 6.43. The predicted octanol–water partition coefficient (Wildman–Crippen LogP) is 5.48. The van der Waals surface area contributed by atoms with Crippen molar-refractivity contribution >= 4 is 18.7 Å². The number of carbonyl (C=O) groups excluding carboxylic acids is 1. The van der Waals surface area contributed by atoms with Crippen LogP contribution in [0, 0.1) is 0 Å². The molecule has 0 N–H and O–H groups in total. The van der Waals surface area contributed by atoms with E-state index in [-0.39, 0.29) is 19.0 Å². The van der Waals surface area contributed by atoms with E-state index < -0.39 is 7.60 Å². The van der Waals surface area contributed by atoms with Crippen molar-refractivity contribution in [1.29, 1.82) is 0 Å². The maximum Gasteiger partial charge on any atom is 0.362 e. The second-order valence-corrected chi connectivity index (χ2v) is 8.12. The van der Waals surface area contributed by atoms with Gasteiger partial charge in [0.05, 0.1) is 18.5 Å². The lowest BCUT2D eigenvalue weighted by Crippen LogP contribution is -2.20. The van der Waals surface area contributed by atoms with Gasteiger partial charge in [-0.15, -0.1) is 0 Å². The zero-order chi connectivity index (χ0) is 20.0. The zero-order valence-corrected chi connectivity index (χ0v) is 16.9. The van der Waals surface area contributed by atoms with E-state index in [1.807, 2.05) is 42.5 Å². The molecule has 0 heterocycles. The summed E-state index contributed by atoms with van der Waals surface area (Å²) in [4.78, 5) is 13.1. The minimum Gasteiger partial charge on any atom is -0.305 e. The monoisotopic (exact) mass is 394 g/mol. The van der Waals surface area contributed by atoms with Crippen LogP contribution in [-0.4, -0.2) is 19.0 Å². The van der Waals surface area contributed by atoms with Crippen molar-refractivity contribution in [3.63, 3.8) is 0 Å². The normalized spacial score (nSPS) is 11.4. The molecule has 4 nitrogen and oxygen atoms in total. The molecule has 0 saturated heterocycles. The highest BCUT2D eigenvalue weighted by atomic mass is 31.2. The summed E-state index contributed by atoms with van der Waals surface area (Å²) < 4.78 is 24.7. The number of hydrogen-bond donors (Lipinski definition) is 0. The molecular weight excluding hydrogens is 371 g/mol. The van der Waals surface area contributed by atoms with E-state index in [9.17, 15) is 9.36 Å². The second kappa shape index (κ2) is 9.11. The quantitative estimate of drug-likeness (QED) is 0.375. The Morgan fingerprint density at radius 1 is 0.786 bits per heavy atom. The van der Waals surface area contributed by atoms with Gasteiger partial charge >= 0.3 is 7.60 Å². The number of rotatable bonds is 8. The van der Waals surface area contributed by atoms with E-state index in [4.69, 9.17) is 9.05 Å². The molecule has 3 rings (SSSR count). The molecule has 5 heteroatoms. The van der Waals surface area contributed by atoms with Crippen LogP contribution >= 0.6 is 7.60 Å². The highest BCUT2D eigenvalue weighted by Crippen LogP contribution is 2.48. The van der Waals surface area contributed by atoms with E-state index >= 15 is 0 Å². The summed E-state index contributed by atoms with van der Waals surface area (Å²) in [5, 5.41) is 0.298. The van der Waals surface area contributed by atoms with Gasteiger partial charge in [0.15, 0.2) is 5.78 Å². The Kier molecular flexibility index (Phi) is 6.58. The van der Waals surface area contributed by atoms with Crippen molar-refractivity contribution in [1.82, 2.24) is 0 Å². The first kappa shape index (κ1) is 20.2. The molecule has 0 radical (unpaired) electrons. The van der Waals surface area contributed by atoms with Gasteiger partial charge < -0.3 is 9.05 Å². The average molecular weight is 394 g/mol. The largest absolute Gasteiger partial charge is 0.362 e. The predicted molar refractivity (Wildman–Crippen MR) is 112 cm³/mol. The van der Waals surface area contributed by atoms with Crippen LogP contribution in [0.1, 0.15) is 29.8 Å². The molecule has 3 aromatic rings. The molecule has 0 saturated carbocycles. The first-order chi connectivity index (χ1) is 13.6. The van der Waals surface area contributed by atoms with Gasteiger partial charge in [0.25, 0.3) is 0 Å². The van der Waals surface area contributed by atoms with Gasteiger partial charge in [0.1, 0.15) is 0 Å². The van der Waals surface area contributed by atoms with Crippen LogP contribution in [0.25, 0.3) is 11.1 Å². The van der Waals surface area contributed by atoms with E-state index in [1.165, 1.54) is 0 Å². The first-order valence-electron chi connectivity index (χ1n) is 9.28. The minimum atomic E-state index is -3.65. The number of ketones is 1. The highest BCUT2D eigenvalue weighted by molar-refractivity contribution is 7.62. The summed E-state index contributed by atoms with van der Waals surface area (Å²) >= 11 is 0. The van der Waals surface area contributed by atoms with Gasteiger partial charge in [-0.1, -0.05) is 66.7 Å². The zero-order valence-electron chi connectivity index (χ0n) is 16.0. The van der Waals surface area contributed by atoms with Gasteiger partial charge in [-0.25, -0.2) is 0 Å². The number of hydrogen-bond acceptors (Lipinski definition) is 4. The summed E-state index contributed by atoms with van der Waals surface area (Å²) in [6.07, 6.45) is 0. The molecule has 0 aliphatic rings. The molecule has 0 aliphatic heterocycles. The van der Waals surface area contributed by atoms with Crippen LogP contribution in [0.15, 0.2) is 78.9 Å². The van der Waals surface area contributed by atoms with Gasteiger partial charge in [-0.2, -0.15) is 0 Å². The van der Waals surface area contributed by atoms with Gasteiger partial charge in [-0.05, 0) is 37.1 Å². The van der Waals surface area contributed by atoms with Crippen LogP contribution in [0.2, 0.25) is 0 Å². The first-order valence-corrected chi connectivity index (χ1v) is 10.8. The molecule has 0 aliphatic carbocycles. The Hall–Kier alpha value is -2.52. The lowest BCUT2D eigenvalue weighted by atomic mass is 9.99. The van der Waals surface area contributed by atoms with Crippen molar-refractivity contribution in [3.8, 4) is 11.1 Å². The van der Waals surface area contributed by atoms with Crippen LogP contribution in [-0.2, 0) is 13.6 Å². The molecule has 0 aromatic heterocycles. The maximum atomic E-state index is 13.6. The maximum absolute atomic E-state index is 13.6. The molecular formula is C23H23O4P. The van der Waals surface area contributed by atoms with Crippen LogP contribution in [0.5, 0.6) is 0 Å². The van der Waals surface area contributed by atoms with Crippen LogP contribution in [0.4, 0.5) is 0 Å². The van der Waals surface area contributed by atoms with E-state index in [2.05, 4.69) is 0 Å². The van der Waals surface area contributed by atoms with Crippen molar-refractivity contribution in [2.24, 2.45) is 0 Å². The number of carbonyl (C=O) groups is 1. The SMILES string of the molecule is CCOP(=O)(OCC)c1cc(-c2ccccc2)ccc1C(=O)c1ccccc1. The van der Waals surface area contributed by atoms with Crippen molar-refractivity contribution < 1.29 is 18.4 Å². The van der Waals surface area contributed by atoms with Crippen molar-refractivity contribution in [2.75, 3.05) is 13.2 Å². The fraction of sp³-hybridized carbons (Fsp3) is 0.174.